The number of imidazole rings is 1. The molecule has 0 amide bonds. The van der Waals surface area contributed by atoms with Gasteiger partial charge in [0.05, 0.1) is 25.1 Å². The van der Waals surface area contributed by atoms with E-state index in [-0.39, 0.29) is 6.10 Å². The van der Waals surface area contributed by atoms with Crippen molar-refractivity contribution in [3.63, 3.8) is 0 Å². The summed E-state index contributed by atoms with van der Waals surface area (Å²) in [6, 6.07) is 5.37. The van der Waals surface area contributed by atoms with Gasteiger partial charge in [0, 0.05) is 25.0 Å². The van der Waals surface area contributed by atoms with E-state index in [1.54, 1.807) is 19.4 Å². The van der Waals surface area contributed by atoms with Crippen molar-refractivity contribution in [1.82, 2.24) is 9.55 Å². The molecule has 0 spiro atoms. The van der Waals surface area contributed by atoms with Crippen molar-refractivity contribution in [3.05, 3.63) is 53.6 Å². The molecule has 6 heteroatoms. The summed E-state index contributed by atoms with van der Waals surface area (Å²) in [7, 11) is 1.61. The van der Waals surface area contributed by atoms with E-state index in [1.807, 2.05) is 24.7 Å². The van der Waals surface area contributed by atoms with Gasteiger partial charge in [0.25, 0.3) is 0 Å². The van der Waals surface area contributed by atoms with Crippen LogP contribution < -0.4 is 9.47 Å². The third-order valence-electron chi connectivity index (χ3n) is 3.80. The summed E-state index contributed by atoms with van der Waals surface area (Å²) >= 11 is 6.19. The maximum absolute atomic E-state index is 6.19. The molecule has 0 bridgehead atoms. The molecule has 2 heterocycles. The number of aromatic nitrogens is 2. The zero-order chi connectivity index (χ0) is 16.1. The van der Waals surface area contributed by atoms with Crippen molar-refractivity contribution in [1.29, 1.82) is 0 Å². The molecule has 0 N–H and O–H groups in total. The average molecular weight is 335 g/mol. The smallest absolute Gasteiger partial charge is 0.138 e. The van der Waals surface area contributed by atoms with Crippen LogP contribution in [0, 0.1) is 0 Å². The monoisotopic (exact) mass is 334 g/mol. The molecule has 3 rings (SSSR count). The standard InChI is InChI=1S/C17H19ClN2O3/c1-21-14-2-3-16(15(18)10-14)23-11-17-13(5-9-22-17)4-7-20-8-6-19-12-20/h2-3,5-6,8,10,12,17H,4,7,9,11H2,1H3/t17-/m0/s1. The van der Waals surface area contributed by atoms with E-state index in [4.69, 9.17) is 25.8 Å². The van der Waals surface area contributed by atoms with Crippen molar-refractivity contribution in [2.45, 2.75) is 19.1 Å². The Balaban J connectivity index is 1.54. The Morgan fingerprint density at radius 1 is 1.43 bits per heavy atom. The van der Waals surface area contributed by atoms with Gasteiger partial charge in [0.1, 0.15) is 24.2 Å². The van der Waals surface area contributed by atoms with Crippen LogP contribution >= 0.6 is 11.6 Å². The fourth-order valence-corrected chi connectivity index (χ4v) is 2.72. The molecular weight excluding hydrogens is 316 g/mol. The molecule has 1 aliphatic heterocycles. The van der Waals surface area contributed by atoms with Crippen molar-refractivity contribution < 1.29 is 14.2 Å². The molecule has 2 aromatic rings. The molecule has 0 aliphatic carbocycles. The van der Waals surface area contributed by atoms with Crippen LogP contribution in [0.15, 0.2) is 48.6 Å². The highest BCUT2D eigenvalue weighted by molar-refractivity contribution is 6.32. The first-order valence-corrected chi connectivity index (χ1v) is 7.86. The summed E-state index contributed by atoms with van der Waals surface area (Å²) in [6.07, 6.45) is 8.57. The zero-order valence-corrected chi connectivity index (χ0v) is 13.7. The Kier molecular flexibility index (Phi) is 5.20. The number of hydrogen-bond donors (Lipinski definition) is 0. The normalized spacial score (nSPS) is 17.1. The molecule has 1 aromatic carbocycles. The fourth-order valence-electron chi connectivity index (χ4n) is 2.50. The number of hydrogen-bond acceptors (Lipinski definition) is 4. The van der Waals surface area contributed by atoms with E-state index in [1.165, 1.54) is 5.57 Å². The van der Waals surface area contributed by atoms with Crippen LogP contribution in [0.4, 0.5) is 0 Å². The van der Waals surface area contributed by atoms with Gasteiger partial charge in [-0.05, 0) is 24.1 Å². The fraction of sp³-hybridized carbons (Fsp3) is 0.353. The highest BCUT2D eigenvalue weighted by Gasteiger charge is 2.21. The van der Waals surface area contributed by atoms with Crippen LogP contribution in [0.2, 0.25) is 5.02 Å². The second-order valence-electron chi connectivity index (χ2n) is 5.26. The Labute approximate surface area is 140 Å². The van der Waals surface area contributed by atoms with E-state index in [2.05, 4.69) is 15.6 Å². The molecular formula is C17H19ClN2O3. The van der Waals surface area contributed by atoms with Gasteiger partial charge in [0.15, 0.2) is 0 Å². The van der Waals surface area contributed by atoms with Crippen LogP contribution in [0.1, 0.15) is 6.42 Å². The van der Waals surface area contributed by atoms with E-state index in [0.29, 0.717) is 29.7 Å². The van der Waals surface area contributed by atoms with E-state index in [9.17, 15) is 0 Å². The van der Waals surface area contributed by atoms with Crippen molar-refractivity contribution >= 4 is 11.6 Å². The number of benzene rings is 1. The Hall–Kier alpha value is -1.98. The maximum atomic E-state index is 6.19. The lowest BCUT2D eigenvalue weighted by Gasteiger charge is -2.17. The van der Waals surface area contributed by atoms with Gasteiger partial charge >= 0.3 is 0 Å². The topological polar surface area (TPSA) is 45.5 Å². The second kappa shape index (κ2) is 7.53. The predicted molar refractivity (Wildman–Crippen MR) is 88.2 cm³/mol. The SMILES string of the molecule is COc1ccc(OC[C@@H]2OCC=C2CCn2ccnc2)c(Cl)c1. The first kappa shape index (κ1) is 15.9. The van der Waals surface area contributed by atoms with Gasteiger partial charge in [-0.3, -0.25) is 0 Å². The summed E-state index contributed by atoms with van der Waals surface area (Å²) in [5.74, 6) is 1.34. The van der Waals surface area contributed by atoms with Crippen LogP contribution in [0.25, 0.3) is 0 Å². The molecule has 0 saturated carbocycles. The lowest BCUT2D eigenvalue weighted by molar-refractivity contribution is 0.0761. The highest BCUT2D eigenvalue weighted by Crippen LogP contribution is 2.29. The van der Waals surface area contributed by atoms with Crippen LogP contribution in [-0.4, -0.2) is 36.0 Å². The van der Waals surface area contributed by atoms with Crippen molar-refractivity contribution in [3.8, 4) is 11.5 Å². The summed E-state index contributed by atoms with van der Waals surface area (Å²) < 4.78 is 18.7. The number of aryl methyl sites for hydroxylation is 1. The largest absolute Gasteiger partial charge is 0.497 e. The molecule has 23 heavy (non-hydrogen) atoms. The van der Waals surface area contributed by atoms with Crippen molar-refractivity contribution in [2.24, 2.45) is 0 Å². The number of rotatable bonds is 7. The number of nitrogens with zero attached hydrogens (tertiary/aromatic N) is 2. The number of ether oxygens (including phenoxy) is 3. The minimum Gasteiger partial charge on any atom is -0.497 e. The van der Waals surface area contributed by atoms with Gasteiger partial charge in [-0.2, -0.15) is 0 Å². The molecule has 1 atom stereocenters. The summed E-state index contributed by atoms with van der Waals surface area (Å²) in [5, 5.41) is 0.534. The molecule has 5 nitrogen and oxygen atoms in total. The summed E-state index contributed by atoms with van der Waals surface area (Å²) in [4.78, 5) is 4.05. The molecule has 122 valence electrons. The third-order valence-corrected chi connectivity index (χ3v) is 4.10. The van der Waals surface area contributed by atoms with Gasteiger partial charge in [-0.25, -0.2) is 4.98 Å². The Morgan fingerprint density at radius 2 is 2.35 bits per heavy atom. The Bertz CT molecular complexity index is 670. The van der Waals surface area contributed by atoms with Crippen LogP contribution in [-0.2, 0) is 11.3 Å². The van der Waals surface area contributed by atoms with E-state index < -0.39 is 0 Å². The van der Waals surface area contributed by atoms with Crippen molar-refractivity contribution in [2.75, 3.05) is 20.3 Å². The third kappa shape index (κ3) is 4.06. The first-order valence-electron chi connectivity index (χ1n) is 7.49. The summed E-state index contributed by atoms with van der Waals surface area (Å²) in [6.45, 7) is 1.96. The molecule has 0 saturated heterocycles. The molecule has 1 aliphatic rings. The Morgan fingerprint density at radius 3 is 3.09 bits per heavy atom. The quantitative estimate of drug-likeness (QED) is 0.728. The van der Waals surface area contributed by atoms with Crippen LogP contribution in [0.3, 0.4) is 0 Å². The first-order chi connectivity index (χ1) is 11.3. The van der Waals surface area contributed by atoms with Gasteiger partial charge in [-0.15, -0.1) is 0 Å². The van der Waals surface area contributed by atoms with E-state index in [0.717, 1.165) is 13.0 Å². The number of halogens is 1. The molecule has 0 fully saturated rings. The van der Waals surface area contributed by atoms with Gasteiger partial charge < -0.3 is 18.8 Å². The lowest BCUT2D eigenvalue weighted by atomic mass is 10.1. The maximum Gasteiger partial charge on any atom is 0.138 e. The zero-order valence-electron chi connectivity index (χ0n) is 12.9. The summed E-state index contributed by atoms with van der Waals surface area (Å²) in [5.41, 5.74) is 1.25. The predicted octanol–water partition coefficient (Wildman–Crippen LogP) is 3.34. The van der Waals surface area contributed by atoms with Gasteiger partial charge in [0.2, 0.25) is 0 Å². The highest BCUT2D eigenvalue weighted by atomic mass is 35.5. The number of methoxy groups -OCH3 is 1. The van der Waals surface area contributed by atoms with Gasteiger partial charge in [-0.1, -0.05) is 17.7 Å². The average Bonchev–Trinajstić information content (AvgIpc) is 3.23. The molecule has 0 unspecified atom stereocenters. The minimum atomic E-state index is -0.0308. The minimum absolute atomic E-state index is 0.0308. The molecule has 0 radical (unpaired) electrons. The molecule has 1 aromatic heterocycles. The van der Waals surface area contributed by atoms with E-state index >= 15 is 0 Å². The van der Waals surface area contributed by atoms with Crippen LogP contribution in [0.5, 0.6) is 11.5 Å². The lowest BCUT2D eigenvalue weighted by Crippen LogP contribution is -2.21. The second-order valence-corrected chi connectivity index (χ2v) is 5.67.